The molecule has 1 atom stereocenters. The zero-order valence-electron chi connectivity index (χ0n) is 9.42. The Morgan fingerprint density at radius 3 is 2.88 bits per heavy atom. The van der Waals surface area contributed by atoms with Crippen molar-refractivity contribution >= 4 is 23.6 Å². The van der Waals surface area contributed by atoms with Crippen molar-refractivity contribution in [3.8, 4) is 0 Å². The lowest BCUT2D eigenvalue weighted by molar-refractivity contribution is -0.140. The SMILES string of the molecule is CC(=O)N[C@@H](CSCc1cccnc1)C(=O)O. The molecule has 0 spiro atoms. The second-order valence-electron chi connectivity index (χ2n) is 3.47. The molecule has 1 aromatic heterocycles. The molecule has 0 saturated carbocycles. The summed E-state index contributed by atoms with van der Waals surface area (Å²) in [5.41, 5.74) is 1.03. The Hall–Kier alpha value is -1.56. The van der Waals surface area contributed by atoms with Crippen LogP contribution in [0.4, 0.5) is 0 Å². The second-order valence-corrected chi connectivity index (χ2v) is 4.50. The number of rotatable bonds is 6. The highest BCUT2D eigenvalue weighted by molar-refractivity contribution is 7.98. The minimum atomic E-state index is -1.01. The van der Waals surface area contributed by atoms with Crippen molar-refractivity contribution in [2.75, 3.05) is 5.75 Å². The average molecular weight is 254 g/mol. The summed E-state index contributed by atoms with van der Waals surface area (Å²) in [6, 6.07) is 2.92. The molecule has 1 amide bonds. The minimum Gasteiger partial charge on any atom is -0.480 e. The van der Waals surface area contributed by atoms with Crippen LogP contribution in [-0.2, 0) is 15.3 Å². The van der Waals surface area contributed by atoms with E-state index in [9.17, 15) is 9.59 Å². The Morgan fingerprint density at radius 1 is 1.59 bits per heavy atom. The molecule has 1 heterocycles. The highest BCUT2D eigenvalue weighted by atomic mass is 32.2. The van der Waals surface area contributed by atoms with Crippen molar-refractivity contribution in [1.82, 2.24) is 10.3 Å². The van der Waals surface area contributed by atoms with Crippen LogP contribution in [0.5, 0.6) is 0 Å². The first kappa shape index (κ1) is 13.5. The molecular weight excluding hydrogens is 240 g/mol. The van der Waals surface area contributed by atoms with Crippen LogP contribution < -0.4 is 5.32 Å². The van der Waals surface area contributed by atoms with Gasteiger partial charge in [0.25, 0.3) is 0 Å². The lowest BCUT2D eigenvalue weighted by Gasteiger charge is -2.12. The van der Waals surface area contributed by atoms with E-state index in [0.29, 0.717) is 11.5 Å². The lowest BCUT2D eigenvalue weighted by Crippen LogP contribution is -2.41. The predicted octanol–water partition coefficient (Wildman–Crippen LogP) is 0.904. The summed E-state index contributed by atoms with van der Waals surface area (Å²) in [7, 11) is 0. The maximum absolute atomic E-state index is 10.8. The number of nitrogens with zero attached hydrogens (tertiary/aromatic N) is 1. The Bertz CT molecular complexity index is 384. The van der Waals surface area contributed by atoms with Gasteiger partial charge in [-0.25, -0.2) is 4.79 Å². The second kappa shape index (κ2) is 6.90. The normalized spacial score (nSPS) is 11.8. The Kier molecular flexibility index (Phi) is 5.48. The molecule has 17 heavy (non-hydrogen) atoms. The fourth-order valence-corrected chi connectivity index (χ4v) is 2.18. The number of carbonyl (C=O) groups excluding carboxylic acids is 1. The molecule has 92 valence electrons. The van der Waals surface area contributed by atoms with Gasteiger partial charge in [-0.15, -0.1) is 0 Å². The van der Waals surface area contributed by atoms with Gasteiger partial charge in [0, 0.05) is 30.8 Å². The third-order valence-electron chi connectivity index (χ3n) is 1.95. The van der Waals surface area contributed by atoms with E-state index < -0.39 is 12.0 Å². The van der Waals surface area contributed by atoms with E-state index in [4.69, 9.17) is 5.11 Å². The molecule has 0 bridgehead atoms. The number of aromatic nitrogens is 1. The molecule has 6 heteroatoms. The van der Waals surface area contributed by atoms with E-state index in [2.05, 4.69) is 10.3 Å². The summed E-state index contributed by atoms with van der Waals surface area (Å²) in [5, 5.41) is 11.3. The largest absolute Gasteiger partial charge is 0.480 e. The zero-order valence-corrected chi connectivity index (χ0v) is 10.2. The van der Waals surface area contributed by atoms with Crippen LogP contribution in [0.25, 0.3) is 0 Å². The first-order valence-corrected chi connectivity index (χ1v) is 6.21. The number of carboxylic acids is 1. The van der Waals surface area contributed by atoms with Crippen LogP contribution in [-0.4, -0.2) is 33.8 Å². The smallest absolute Gasteiger partial charge is 0.327 e. The van der Waals surface area contributed by atoms with Crippen molar-refractivity contribution in [2.24, 2.45) is 0 Å². The van der Waals surface area contributed by atoms with Gasteiger partial charge in [-0.3, -0.25) is 9.78 Å². The molecule has 0 aliphatic rings. The standard InChI is InChI=1S/C11H14N2O3S/c1-8(14)13-10(11(15)16)7-17-6-9-3-2-4-12-5-9/h2-5,10H,6-7H2,1H3,(H,13,14)(H,15,16)/t10-/m0/s1. The molecule has 0 aliphatic heterocycles. The van der Waals surface area contributed by atoms with Crippen LogP contribution in [0.3, 0.4) is 0 Å². The van der Waals surface area contributed by atoms with Gasteiger partial charge in [-0.2, -0.15) is 11.8 Å². The van der Waals surface area contributed by atoms with E-state index >= 15 is 0 Å². The van der Waals surface area contributed by atoms with Crippen LogP contribution in [0.15, 0.2) is 24.5 Å². The summed E-state index contributed by atoms with van der Waals surface area (Å²) in [5.74, 6) is -0.334. The number of hydrogen-bond donors (Lipinski definition) is 2. The number of amides is 1. The van der Waals surface area contributed by atoms with Crippen LogP contribution in [0.2, 0.25) is 0 Å². The summed E-state index contributed by atoms with van der Waals surface area (Å²) in [4.78, 5) is 25.6. The highest BCUT2D eigenvalue weighted by Crippen LogP contribution is 2.12. The fraction of sp³-hybridized carbons (Fsp3) is 0.364. The summed E-state index contributed by atoms with van der Waals surface area (Å²) >= 11 is 1.45. The van der Waals surface area contributed by atoms with Crippen molar-refractivity contribution < 1.29 is 14.7 Å². The molecule has 0 aliphatic carbocycles. The van der Waals surface area contributed by atoms with Crippen molar-refractivity contribution in [1.29, 1.82) is 0 Å². The maximum Gasteiger partial charge on any atom is 0.327 e. The number of hydrogen-bond acceptors (Lipinski definition) is 4. The van der Waals surface area contributed by atoms with Gasteiger partial charge >= 0.3 is 5.97 Å². The van der Waals surface area contributed by atoms with E-state index in [1.54, 1.807) is 12.4 Å². The van der Waals surface area contributed by atoms with Gasteiger partial charge in [0.2, 0.25) is 5.91 Å². The molecule has 5 nitrogen and oxygen atoms in total. The molecule has 0 radical (unpaired) electrons. The quantitative estimate of drug-likeness (QED) is 0.788. The summed E-state index contributed by atoms with van der Waals surface area (Å²) in [6.07, 6.45) is 3.42. The molecule has 0 unspecified atom stereocenters. The topological polar surface area (TPSA) is 79.3 Å². The first-order chi connectivity index (χ1) is 8.09. The lowest BCUT2D eigenvalue weighted by atomic mass is 10.3. The first-order valence-electron chi connectivity index (χ1n) is 5.06. The average Bonchev–Trinajstić information content (AvgIpc) is 2.28. The Morgan fingerprint density at radius 2 is 2.35 bits per heavy atom. The van der Waals surface area contributed by atoms with E-state index in [-0.39, 0.29) is 5.91 Å². The molecule has 0 saturated heterocycles. The van der Waals surface area contributed by atoms with Crippen molar-refractivity contribution in [3.63, 3.8) is 0 Å². The van der Waals surface area contributed by atoms with Crippen molar-refractivity contribution in [2.45, 2.75) is 18.7 Å². The minimum absolute atomic E-state index is 0.334. The van der Waals surface area contributed by atoms with E-state index in [0.717, 1.165) is 5.56 Å². The van der Waals surface area contributed by atoms with Gasteiger partial charge in [-0.1, -0.05) is 6.07 Å². The van der Waals surface area contributed by atoms with Crippen LogP contribution in [0.1, 0.15) is 12.5 Å². The zero-order chi connectivity index (χ0) is 12.7. The van der Waals surface area contributed by atoms with Gasteiger partial charge < -0.3 is 10.4 Å². The Labute approximate surface area is 104 Å². The van der Waals surface area contributed by atoms with Gasteiger partial charge in [0.05, 0.1) is 0 Å². The van der Waals surface area contributed by atoms with Gasteiger partial charge in [0.1, 0.15) is 6.04 Å². The molecular formula is C11H14N2O3S. The maximum atomic E-state index is 10.8. The predicted molar refractivity (Wildman–Crippen MR) is 65.6 cm³/mol. The Balaban J connectivity index is 2.37. The summed E-state index contributed by atoms with van der Waals surface area (Å²) < 4.78 is 0. The van der Waals surface area contributed by atoms with Crippen LogP contribution in [0, 0.1) is 0 Å². The molecule has 2 N–H and O–H groups in total. The molecule has 0 fully saturated rings. The molecule has 1 aromatic rings. The summed E-state index contributed by atoms with van der Waals surface area (Å²) in [6.45, 7) is 1.31. The highest BCUT2D eigenvalue weighted by Gasteiger charge is 2.17. The van der Waals surface area contributed by atoms with Crippen molar-refractivity contribution in [3.05, 3.63) is 30.1 Å². The third kappa shape index (κ3) is 5.35. The molecule has 0 aromatic carbocycles. The fourth-order valence-electron chi connectivity index (χ4n) is 1.20. The third-order valence-corrected chi connectivity index (χ3v) is 3.06. The number of pyridine rings is 1. The van der Waals surface area contributed by atoms with E-state index in [1.807, 2.05) is 12.1 Å². The van der Waals surface area contributed by atoms with Crippen LogP contribution >= 0.6 is 11.8 Å². The number of carboxylic acid groups (broad SMARTS) is 1. The number of nitrogens with one attached hydrogen (secondary N) is 1. The van der Waals surface area contributed by atoms with Gasteiger partial charge in [-0.05, 0) is 11.6 Å². The number of carbonyl (C=O) groups is 2. The molecule has 1 rings (SSSR count). The number of thioether (sulfide) groups is 1. The number of aliphatic carboxylic acids is 1. The monoisotopic (exact) mass is 254 g/mol. The van der Waals surface area contributed by atoms with E-state index in [1.165, 1.54) is 18.7 Å². The van der Waals surface area contributed by atoms with Gasteiger partial charge in [0.15, 0.2) is 0 Å².